The van der Waals surface area contributed by atoms with Crippen molar-refractivity contribution in [1.82, 2.24) is 39.0 Å². The number of fused-ring (bicyclic) bond motifs is 9. The summed E-state index contributed by atoms with van der Waals surface area (Å²) in [4.78, 5) is 34.1. The molecule has 2 aliphatic heterocycles. The Morgan fingerprint density at radius 2 is 1.24 bits per heavy atom. The van der Waals surface area contributed by atoms with Crippen molar-refractivity contribution in [3.63, 3.8) is 0 Å². The van der Waals surface area contributed by atoms with Gasteiger partial charge in [-0.2, -0.15) is 0 Å². The second kappa shape index (κ2) is 11.4. The average molecular weight is 707 g/mol. The highest BCUT2D eigenvalue weighted by Crippen LogP contribution is 2.46. The lowest BCUT2D eigenvalue weighted by molar-refractivity contribution is 1.01. The first-order chi connectivity index (χ1) is 27.3. The molecule has 2 aliphatic rings. The van der Waals surface area contributed by atoms with E-state index in [2.05, 4.69) is 79.6 Å². The van der Waals surface area contributed by atoms with Crippen LogP contribution in [0, 0.1) is 0 Å². The van der Waals surface area contributed by atoms with Gasteiger partial charge in [0.1, 0.15) is 28.7 Å². The molecule has 0 saturated carbocycles. The van der Waals surface area contributed by atoms with Crippen LogP contribution in [0.3, 0.4) is 0 Å². The lowest BCUT2D eigenvalue weighted by Crippen LogP contribution is -2.61. The highest BCUT2D eigenvalue weighted by molar-refractivity contribution is 6.99. The molecule has 0 saturated heterocycles. The molecule has 0 bridgehead atoms. The molecule has 9 heterocycles. The zero-order valence-electron chi connectivity index (χ0n) is 29.1. The van der Waals surface area contributed by atoms with E-state index in [1.54, 1.807) is 6.20 Å². The third kappa shape index (κ3) is 4.14. The van der Waals surface area contributed by atoms with Crippen LogP contribution in [-0.4, -0.2) is 45.8 Å². The molecule has 0 atom stereocenters. The summed E-state index contributed by atoms with van der Waals surface area (Å²) in [7, 11) is 0. The Bertz CT molecular complexity index is 3070. The zero-order valence-corrected chi connectivity index (χ0v) is 29.1. The lowest BCUT2D eigenvalue weighted by Gasteiger charge is -2.39. The first-order valence-electron chi connectivity index (χ1n) is 18.2. The summed E-state index contributed by atoms with van der Waals surface area (Å²) in [6.07, 6.45) is 10.9. The number of anilines is 6. The summed E-state index contributed by atoms with van der Waals surface area (Å²) in [6, 6.07) is 43.7. The van der Waals surface area contributed by atoms with Crippen LogP contribution in [0.5, 0.6) is 0 Å². The van der Waals surface area contributed by atoms with E-state index in [1.165, 1.54) is 5.46 Å². The van der Waals surface area contributed by atoms with Gasteiger partial charge in [0.15, 0.2) is 5.82 Å². The summed E-state index contributed by atoms with van der Waals surface area (Å²) in [6.45, 7) is -0.191. The SMILES string of the molecule is c1ccc(N2c3cc(N(c4ccccn4)c4ccccn4)cc4c3B(c3nccnc32)c2cccc3c5c6cccnc6n(-c6ccccn6)c5n-4c23)cc1. The molecular formula is C44H27BN10. The van der Waals surface area contributed by atoms with Crippen molar-refractivity contribution in [3.8, 4) is 11.5 Å². The Hall–Kier alpha value is -7.66. The van der Waals surface area contributed by atoms with Gasteiger partial charge in [0.25, 0.3) is 6.71 Å². The van der Waals surface area contributed by atoms with Gasteiger partial charge in [0.2, 0.25) is 0 Å². The fraction of sp³-hybridized carbons (Fsp3) is 0. The third-order valence-electron chi connectivity index (χ3n) is 10.8. The number of aromatic nitrogens is 8. The van der Waals surface area contributed by atoms with E-state index < -0.39 is 0 Å². The van der Waals surface area contributed by atoms with Gasteiger partial charge >= 0.3 is 0 Å². The maximum atomic E-state index is 5.12. The van der Waals surface area contributed by atoms with Crippen LogP contribution in [0.15, 0.2) is 165 Å². The number of rotatable bonds is 5. The monoisotopic (exact) mass is 706 g/mol. The molecule has 7 aromatic heterocycles. The van der Waals surface area contributed by atoms with Gasteiger partial charge in [0, 0.05) is 70.4 Å². The molecule has 55 heavy (non-hydrogen) atoms. The predicted octanol–water partition coefficient (Wildman–Crippen LogP) is 7.18. The van der Waals surface area contributed by atoms with Crippen molar-refractivity contribution < 1.29 is 0 Å². The van der Waals surface area contributed by atoms with Gasteiger partial charge in [0.05, 0.1) is 16.8 Å². The van der Waals surface area contributed by atoms with Gasteiger partial charge in [-0.05, 0) is 83.7 Å². The molecule has 0 spiro atoms. The third-order valence-corrected chi connectivity index (χ3v) is 10.8. The minimum absolute atomic E-state index is 0.191. The summed E-state index contributed by atoms with van der Waals surface area (Å²) >= 11 is 0. The van der Waals surface area contributed by atoms with E-state index in [-0.39, 0.29) is 6.71 Å². The molecule has 12 rings (SSSR count). The number of hydrogen-bond donors (Lipinski definition) is 0. The topological polar surface area (TPSA) is 93.7 Å². The van der Waals surface area contributed by atoms with Crippen LogP contribution in [0.2, 0.25) is 0 Å². The molecule has 3 aromatic carbocycles. The molecule has 0 amide bonds. The van der Waals surface area contributed by atoms with Gasteiger partial charge in [-0.3, -0.25) is 23.9 Å². The number of benzene rings is 3. The minimum atomic E-state index is -0.191. The van der Waals surface area contributed by atoms with E-state index >= 15 is 0 Å². The Kier molecular flexibility index (Phi) is 6.20. The highest BCUT2D eigenvalue weighted by Gasteiger charge is 2.45. The number of para-hydroxylation sites is 2. The summed E-state index contributed by atoms with van der Waals surface area (Å²) < 4.78 is 4.63. The van der Waals surface area contributed by atoms with Crippen molar-refractivity contribution >= 4 is 90.7 Å². The molecule has 0 radical (unpaired) electrons. The van der Waals surface area contributed by atoms with Crippen LogP contribution >= 0.6 is 0 Å². The van der Waals surface area contributed by atoms with Crippen LogP contribution in [0.4, 0.5) is 34.5 Å². The maximum Gasteiger partial charge on any atom is 0.277 e. The Balaban J connectivity index is 1.29. The van der Waals surface area contributed by atoms with Gasteiger partial charge in [-0.1, -0.05) is 54.6 Å². The Labute approximate surface area is 314 Å². The van der Waals surface area contributed by atoms with E-state index in [0.29, 0.717) is 0 Å². The maximum absolute atomic E-state index is 5.12. The van der Waals surface area contributed by atoms with Crippen LogP contribution < -0.4 is 26.3 Å². The normalized spacial score (nSPS) is 12.7. The largest absolute Gasteiger partial charge is 0.296 e. The molecule has 10 nitrogen and oxygen atoms in total. The first-order valence-corrected chi connectivity index (χ1v) is 18.2. The fourth-order valence-corrected chi connectivity index (χ4v) is 8.74. The van der Waals surface area contributed by atoms with E-state index in [9.17, 15) is 0 Å². The quantitative estimate of drug-likeness (QED) is 0.174. The van der Waals surface area contributed by atoms with Gasteiger partial charge in [-0.25, -0.2) is 24.9 Å². The highest BCUT2D eigenvalue weighted by atomic mass is 15.3. The number of hydrogen-bond acceptors (Lipinski definition) is 8. The second-order valence-electron chi connectivity index (χ2n) is 13.7. The fourth-order valence-electron chi connectivity index (χ4n) is 8.74. The van der Waals surface area contributed by atoms with Crippen LogP contribution in [0.25, 0.3) is 44.5 Å². The first kappa shape index (κ1) is 29.9. The predicted molar refractivity (Wildman–Crippen MR) is 218 cm³/mol. The van der Waals surface area contributed by atoms with Crippen molar-refractivity contribution in [2.24, 2.45) is 0 Å². The average Bonchev–Trinajstić information content (AvgIpc) is 3.77. The summed E-state index contributed by atoms with van der Waals surface area (Å²) in [5.74, 6) is 3.08. The zero-order chi connectivity index (χ0) is 36.0. The van der Waals surface area contributed by atoms with Gasteiger partial charge < -0.3 is 0 Å². The van der Waals surface area contributed by atoms with E-state index in [0.717, 1.165) is 90.0 Å². The van der Waals surface area contributed by atoms with Crippen molar-refractivity contribution in [2.45, 2.75) is 0 Å². The molecule has 0 unspecified atom stereocenters. The second-order valence-corrected chi connectivity index (χ2v) is 13.7. The molecular weight excluding hydrogens is 679 g/mol. The van der Waals surface area contributed by atoms with E-state index in [4.69, 9.17) is 29.9 Å². The van der Waals surface area contributed by atoms with Crippen molar-refractivity contribution in [3.05, 3.63) is 165 Å². The summed E-state index contributed by atoms with van der Waals surface area (Å²) in [5, 5.41) is 3.32. The lowest BCUT2D eigenvalue weighted by atomic mass is 9.35. The number of nitrogens with zero attached hydrogens (tertiary/aromatic N) is 10. The number of pyridine rings is 4. The van der Waals surface area contributed by atoms with E-state index in [1.807, 2.05) is 97.7 Å². The summed E-state index contributed by atoms with van der Waals surface area (Å²) in [5.41, 5.74) is 10.1. The molecule has 0 aliphatic carbocycles. The minimum Gasteiger partial charge on any atom is -0.296 e. The van der Waals surface area contributed by atoms with Crippen LogP contribution in [0.1, 0.15) is 0 Å². The molecule has 11 heteroatoms. The smallest absolute Gasteiger partial charge is 0.277 e. The molecule has 0 fully saturated rings. The molecule has 10 aromatic rings. The van der Waals surface area contributed by atoms with Crippen molar-refractivity contribution in [2.75, 3.05) is 9.80 Å². The van der Waals surface area contributed by atoms with Crippen molar-refractivity contribution in [1.29, 1.82) is 0 Å². The Morgan fingerprint density at radius 3 is 2.00 bits per heavy atom. The molecule has 0 N–H and O–H groups in total. The molecule has 256 valence electrons. The van der Waals surface area contributed by atoms with Crippen LogP contribution in [-0.2, 0) is 0 Å². The standard InChI is InChI=1S/C44H27BN10/c1-2-12-28(13-3-1)52-33-26-29(53(35-17-4-7-20-46-35)36-18-5-8-21-47-36)27-34-39(33)45(41-43(52)51-25-24-49-41)32-16-10-14-30-38-31-15-11-23-50-42(31)55(37-19-6-9-22-48-37)44(38)54(34)40(30)32/h1-27H. The Morgan fingerprint density at radius 1 is 0.527 bits per heavy atom. The van der Waals surface area contributed by atoms with Gasteiger partial charge in [-0.15, -0.1) is 0 Å².